The minimum Gasteiger partial charge on any atom is -0.381 e. The molecule has 604 valence electrons. The summed E-state index contributed by atoms with van der Waals surface area (Å²) >= 11 is 29.0. The number of hydrogen-bond acceptors (Lipinski definition) is 12. The van der Waals surface area contributed by atoms with Gasteiger partial charge in [-0.2, -0.15) is 0 Å². The van der Waals surface area contributed by atoms with Crippen LogP contribution in [0.3, 0.4) is 0 Å². The molecule has 5 saturated heterocycles. The number of ketones is 5. The Morgan fingerprint density at radius 3 is 0.972 bits per heavy atom. The summed E-state index contributed by atoms with van der Waals surface area (Å²) in [6.07, 6.45) is 10.2. The Morgan fingerprint density at radius 2 is 0.679 bits per heavy atom. The average Bonchev–Trinajstić information content (AvgIpc) is 0.846. The highest BCUT2D eigenvalue weighted by molar-refractivity contribution is 6.32. The molecule has 0 saturated carbocycles. The number of nitrogens with one attached hydrogen (secondary N) is 1. The van der Waals surface area contributed by atoms with Crippen LogP contribution in [0.1, 0.15) is 205 Å². The van der Waals surface area contributed by atoms with Gasteiger partial charge in [-0.15, -0.1) is 0 Å². The molecule has 10 rings (SSSR count). The van der Waals surface area contributed by atoms with Gasteiger partial charge in [0.1, 0.15) is 52.2 Å². The predicted molar refractivity (Wildman–Crippen MR) is 440 cm³/mol. The van der Waals surface area contributed by atoms with Crippen molar-refractivity contribution in [3.63, 3.8) is 0 Å². The van der Waals surface area contributed by atoms with Crippen molar-refractivity contribution in [2.24, 2.45) is 41.4 Å². The van der Waals surface area contributed by atoms with E-state index in [-0.39, 0.29) is 114 Å². The van der Waals surface area contributed by atoms with E-state index >= 15 is 0 Å². The lowest BCUT2D eigenvalue weighted by molar-refractivity contribution is -0.124. The first-order valence-corrected chi connectivity index (χ1v) is 41.6. The number of ether oxygens (including phenoxy) is 1. The zero-order valence-electron chi connectivity index (χ0n) is 67.1. The Bertz CT molecular complexity index is 3430. The van der Waals surface area contributed by atoms with Crippen LogP contribution in [0, 0.1) is 64.7 Å². The van der Waals surface area contributed by atoms with Crippen molar-refractivity contribution in [1.82, 2.24) is 29.8 Å². The van der Waals surface area contributed by atoms with Gasteiger partial charge in [-0.25, -0.2) is 17.6 Å². The number of carbonyl (C=O) groups excluding carboxylic acids is 5. The number of Topliss-reactive ketones (excluding diaryl/α,β-unsaturated/α-hetero) is 5. The number of likely N-dealkylation sites (tertiary alicyclic amines) is 3. The molecule has 5 aliphatic heterocycles. The maximum atomic E-state index is 13.8. The van der Waals surface area contributed by atoms with Crippen LogP contribution in [-0.4, -0.2) is 177 Å². The number of hydrogen-bond donors (Lipinski definition) is 1. The summed E-state index contributed by atoms with van der Waals surface area (Å²) in [6.45, 7) is 40.7. The Balaban J connectivity index is 0.000000213. The Labute approximate surface area is 674 Å². The minimum atomic E-state index is -0.459. The van der Waals surface area contributed by atoms with Gasteiger partial charge in [-0.05, 0) is 205 Å². The highest BCUT2D eigenvalue weighted by atomic mass is 35.5. The van der Waals surface area contributed by atoms with Gasteiger partial charge in [-0.3, -0.25) is 28.9 Å². The Morgan fingerprint density at radius 1 is 0.404 bits per heavy atom. The zero-order chi connectivity index (χ0) is 80.4. The predicted octanol–water partition coefficient (Wildman–Crippen LogP) is 20.2. The lowest BCUT2D eigenvalue weighted by Gasteiger charge is -2.36. The second-order valence-electron chi connectivity index (χ2n) is 32.8. The van der Waals surface area contributed by atoms with E-state index in [4.69, 9.17) is 62.7 Å². The number of benzene rings is 5. The number of likely N-dealkylation sites (N-methyl/N-ethyl adjacent to an activating group) is 1. The third kappa shape index (κ3) is 30.2. The molecule has 5 aromatic carbocycles. The van der Waals surface area contributed by atoms with Crippen molar-refractivity contribution in [2.75, 3.05) is 118 Å². The summed E-state index contributed by atoms with van der Waals surface area (Å²) in [5, 5.41) is 4.72. The third-order valence-corrected chi connectivity index (χ3v) is 23.6. The zero-order valence-corrected chi connectivity index (χ0v) is 70.9. The molecule has 1 N–H and O–H groups in total. The molecule has 0 unspecified atom stereocenters. The van der Waals surface area contributed by atoms with Crippen LogP contribution in [0.15, 0.2) is 97.1 Å². The molecule has 0 bridgehead atoms. The van der Waals surface area contributed by atoms with Gasteiger partial charge in [-0.1, -0.05) is 184 Å². The van der Waals surface area contributed by atoms with Gasteiger partial charge in [0.15, 0.2) is 0 Å². The normalized spacial score (nSPS) is 18.6. The Hall–Kier alpha value is -4.66. The highest BCUT2D eigenvalue weighted by Gasteiger charge is 2.34. The first kappa shape index (κ1) is 93.2. The second-order valence-corrected chi connectivity index (χ2v) is 34.8. The van der Waals surface area contributed by atoms with Crippen LogP contribution in [-0.2, 0) is 28.7 Å². The van der Waals surface area contributed by atoms with Gasteiger partial charge >= 0.3 is 0 Å². The number of halogens is 9. The van der Waals surface area contributed by atoms with Crippen molar-refractivity contribution in [3.05, 3.63) is 173 Å². The van der Waals surface area contributed by atoms with E-state index in [9.17, 15) is 41.5 Å². The molecule has 0 aliphatic carbocycles. The van der Waals surface area contributed by atoms with Crippen LogP contribution in [0.5, 0.6) is 0 Å². The van der Waals surface area contributed by atoms with Crippen LogP contribution in [0.4, 0.5) is 17.6 Å². The van der Waals surface area contributed by atoms with E-state index in [1.807, 2.05) is 93.5 Å². The lowest BCUT2D eigenvalue weighted by Crippen LogP contribution is -2.49. The van der Waals surface area contributed by atoms with E-state index in [1.165, 1.54) is 49.6 Å². The van der Waals surface area contributed by atoms with Crippen molar-refractivity contribution >= 4 is 86.9 Å². The molecule has 0 aromatic heterocycles. The van der Waals surface area contributed by atoms with Crippen LogP contribution < -0.4 is 5.32 Å². The molecular weight excluding hydrogens is 1490 g/mol. The fourth-order valence-corrected chi connectivity index (χ4v) is 15.1. The van der Waals surface area contributed by atoms with E-state index in [0.29, 0.717) is 37.7 Å². The second kappa shape index (κ2) is 46.0. The highest BCUT2D eigenvalue weighted by Crippen LogP contribution is 2.34. The summed E-state index contributed by atoms with van der Waals surface area (Å²) in [5.41, 5.74) is 4.02. The van der Waals surface area contributed by atoms with Crippen molar-refractivity contribution in [3.8, 4) is 0 Å². The van der Waals surface area contributed by atoms with E-state index in [2.05, 4.69) is 57.6 Å². The maximum Gasteiger partial charge on any atom is 0.144 e. The van der Waals surface area contributed by atoms with Gasteiger partial charge < -0.3 is 29.7 Å². The molecule has 5 atom stereocenters. The number of piperidine rings is 3. The molecule has 12 nitrogen and oxygen atoms in total. The quantitative estimate of drug-likeness (QED) is 0.0530. The summed E-state index contributed by atoms with van der Waals surface area (Å²) in [5.74, 6) is -0.863. The first-order valence-electron chi connectivity index (χ1n) is 39.7. The summed E-state index contributed by atoms with van der Waals surface area (Å²) in [4.78, 5) is 74.5. The van der Waals surface area contributed by atoms with Crippen molar-refractivity contribution in [1.29, 1.82) is 0 Å². The van der Waals surface area contributed by atoms with Crippen LogP contribution >= 0.6 is 58.0 Å². The van der Waals surface area contributed by atoms with Gasteiger partial charge in [0, 0.05) is 112 Å². The minimum absolute atomic E-state index is 0.0185. The molecule has 5 heterocycles. The third-order valence-electron chi connectivity index (χ3n) is 22.1. The molecule has 5 aromatic rings. The molecular formula is C88H123Cl5F4N6O6. The molecule has 109 heavy (non-hydrogen) atoms. The van der Waals surface area contributed by atoms with E-state index in [0.717, 1.165) is 157 Å². The molecule has 0 radical (unpaired) electrons. The van der Waals surface area contributed by atoms with Crippen molar-refractivity contribution in [2.45, 2.75) is 183 Å². The SMILES string of the molecule is CC(C)C(=O)[C@@H](CN1CCCCC1)c1ccc(Cl)c(F)c1.CC(C)C(=O)[C@@H](CN1CCN(C)CC1)c1ccc(Cl)c(F)c1.CC(C)C(=O)[C@H](CNC1(C)CCOCC1)c1ccc(Cl)cc1.CC1CCN(C[C@@H](C(=O)C(C)C)c2ccc(Cl)c(F)c2)CC1.CC1CCN(C[C@H](C(=O)C(C)C)c2ccc(Cl)c(F)c2)CC1. The standard InChI is InChI=1S/2C18H25ClFNO.C18H26ClNO2.C17H24ClFN2O.C17H23ClFNO/c2*1-12(2)18(22)15(11-21-8-6-13(3)7-9-21)14-4-5-16(19)17(20)10-14;1-13(2)17(21)16(14-4-6-15(19)7-5-14)12-20-18(3)8-10-22-11-9-18;1-12(2)17(22)14(11-21-8-6-20(3)7-9-21)13-4-5-15(18)16(19)10-13;1-12(2)17(21)14(11-20-8-4-3-5-9-20)13-6-7-15(18)16(19)10-13/h2*4-5,10,12-13,15H,6-9,11H2,1-3H3;4-7,13,16,20H,8-12H2,1-3H3;4-5,10,12,14H,6-9,11H2,1-3H3;6-7,10,12,14H,3-5,8-9,11H2,1-2H3/t2*15-;16-;2*14-/m10100/s1. The summed E-state index contributed by atoms with van der Waals surface area (Å²) in [7, 11) is 2.10. The molecule has 0 amide bonds. The smallest absolute Gasteiger partial charge is 0.144 e. The van der Waals surface area contributed by atoms with Gasteiger partial charge in [0.05, 0.1) is 49.7 Å². The lowest BCUT2D eigenvalue weighted by atomic mass is 9.86. The van der Waals surface area contributed by atoms with Gasteiger partial charge in [0.25, 0.3) is 0 Å². The molecule has 0 spiro atoms. The summed E-state index contributed by atoms with van der Waals surface area (Å²) in [6, 6.07) is 26.6. The van der Waals surface area contributed by atoms with E-state index in [1.54, 1.807) is 42.5 Å². The Kier molecular flexibility index (Phi) is 39.4. The first-order chi connectivity index (χ1) is 51.5. The molecule has 21 heteroatoms. The van der Waals surface area contributed by atoms with Gasteiger partial charge in [0.2, 0.25) is 0 Å². The molecule has 5 aliphatic rings. The summed E-state index contributed by atoms with van der Waals surface area (Å²) < 4.78 is 60.5. The number of piperazine rings is 1. The molecule has 5 fully saturated rings. The van der Waals surface area contributed by atoms with Crippen LogP contribution in [0.25, 0.3) is 0 Å². The fraction of sp³-hybridized carbons (Fsp3) is 0.602. The number of rotatable bonds is 26. The average molecular weight is 1610 g/mol. The fourth-order valence-electron chi connectivity index (χ4n) is 14.5. The number of carbonyl (C=O) groups is 5. The van der Waals surface area contributed by atoms with Crippen LogP contribution in [0.2, 0.25) is 25.1 Å². The van der Waals surface area contributed by atoms with E-state index < -0.39 is 23.3 Å². The number of nitrogens with zero attached hydrogens (tertiary/aromatic N) is 5. The largest absolute Gasteiger partial charge is 0.381 e. The monoisotopic (exact) mass is 1610 g/mol. The topological polar surface area (TPSA) is 123 Å². The maximum absolute atomic E-state index is 13.8. The van der Waals surface area contributed by atoms with Crippen molar-refractivity contribution < 1.29 is 46.3 Å².